The third-order valence-corrected chi connectivity index (χ3v) is 6.34. The van der Waals surface area contributed by atoms with Crippen LogP contribution in [0, 0.1) is 0 Å². The molecule has 2 aromatic carbocycles. The van der Waals surface area contributed by atoms with Crippen LogP contribution in [0.3, 0.4) is 0 Å². The summed E-state index contributed by atoms with van der Waals surface area (Å²) >= 11 is 2.28. The van der Waals surface area contributed by atoms with Crippen LogP contribution in [0.2, 0.25) is 0 Å². The number of thiazole rings is 2. The molecule has 9 heteroatoms. The smallest absolute Gasteiger partial charge is 0.250 e. The second-order valence-corrected chi connectivity index (χ2v) is 7.87. The maximum atomic E-state index is 13.7. The van der Waals surface area contributed by atoms with E-state index in [1.165, 1.54) is 4.40 Å². The van der Waals surface area contributed by atoms with Crippen molar-refractivity contribution in [3.05, 3.63) is 64.7 Å². The van der Waals surface area contributed by atoms with E-state index in [-0.39, 0.29) is 15.4 Å². The van der Waals surface area contributed by atoms with E-state index in [1.807, 2.05) is 0 Å². The zero-order chi connectivity index (χ0) is 18.8. The maximum Gasteiger partial charge on any atom is 0.434 e. The molecule has 0 saturated heterocycles. The van der Waals surface area contributed by atoms with Gasteiger partial charge in [-0.25, -0.2) is 14.2 Å². The molecule has 0 unspecified atom stereocenters. The summed E-state index contributed by atoms with van der Waals surface area (Å²) in [4.78, 5) is 20.4. The van der Waals surface area contributed by atoms with Gasteiger partial charge in [0.2, 0.25) is 0 Å². The summed E-state index contributed by atoms with van der Waals surface area (Å²) in [6, 6.07) is 14.1. The summed E-state index contributed by atoms with van der Waals surface area (Å²) in [6.45, 7) is 0. The molecule has 0 radical (unpaired) electrons. The van der Waals surface area contributed by atoms with Crippen LogP contribution < -0.4 is 5.69 Å². The van der Waals surface area contributed by atoms with Crippen molar-refractivity contribution in [1.82, 2.24) is 14.4 Å². The molecule has 0 spiro atoms. The second kappa shape index (κ2) is 5.61. The first kappa shape index (κ1) is 16.4. The summed E-state index contributed by atoms with van der Waals surface area (Å²) in [7, 11) is 0. The van der Waals surface area contributed by atoms with E-state index in [0.717, 1.165) is 27.4 Å². The summed E-state index contributed by atoms with van der Waals surface area (Å²) in [5.74, 6) is 0. The third-order valence-electron chi connectivity index (χ3n) is 4.14. The largest absolute Gasteiger partial charge is 0.434 e. The molecule has 134 valence electrons. The van der Waals surface area contributed by atoms with E-state index in [0.29, 0.717) is 15.7 Å². The quantitative estimate of drug-likeness (QED) is 0.386. The van der Waals surface area contributed by atoms with Gasteiger partial charge in [-0.15, -0.1) is 22.7 Å². The van der Waals surface area contributed by atoms with E-state index in [2.05, 4.69) is 9.97 Å². The van der Waals surface area contributed by atoms with Crippen LogP contribution >= 0.6 is 22.7 Å². The molecule has 0 bridgehead atoms. The molecule has 5 aromatic rings. The van der Waals surface area contributed by atoms with Gasteiger partial charge in [-0.1, -0.05) is 24.3 Å². The van der Waals surface area contributed by atoms with Crippen molar-refractivity contribution in [2.24, 2.45) is 0 Å². The van der Waals surface area contributed by atoms with Gasteiger partial charge in [0.15, 0.2) is 5.69 Å². The standard InChI is InChI=1S/C18H8F3N3OS2/c19-18(20,21)14-13(15-22-9-5-1-3-7-11(9)26-15)16-24(17(25)23-14)10-6-2-4-8-12(10)27-16/h1-8H. The van der Waals surface area contributed by atoms with Crippen molar-refractivity contribution < 1.29 is 13.2 Å². The Kier molecular flexibility index (Phi) is 3.40. The van der Waals surface area contributed by atoms with Crippen LogP contribution in [0.5, 0.6) is 0 Å². The summed E-state index contributed by atoms with van der Waals surface area (Å²) in [5, 5.41) is 0.195. The highest BCUT2D eigenvalue weighted by molar-refractivity contribution is 7.25. The minimum atomic E-state index is -4.77. The molecule has 0 saturated carbocycles. The molecule has 0 aliphatic heterocycles. The fourth-order valence-electron chi connectivity index (χ4n) is 3.02. The van der Waals surface area contributed by atoms with E-state index in [4.69, 9.17) is 0 Å². The number of nitrogens with zero attached hydrogens (tertiary/aromatic N) is 3. The Labute approximate surface area is 157 Å². The number of hydrogen-bond donors (Lipinski definition) is 0. The van der Waals surface area contributed by atoms with Gasteiger partial charge in [-0.05, 0) is 24.3 Å². The first-order chi connectivity index (χ1) is 12.9. The Balaban J connectivity index is 1.99. The molecule has 4 nitrogen and oxygen atoms in total. The number of hydrogen-bond acceptors (Lipinski definition) is 5. The molecule has 0 amide bonds. The van der Waals surface area contributed by atoms with Crippen molar-refractivity contribution in [3.63, 3.8) is 0 Å². The van der Waals surface area contributed by atoms with E-state index in [1.54, 1.807) is 48.5 Å². The molecule has 0 aliphatic carbocycles. The molecule has 0 N–H and O–H groups in total. The predicted octanol–water partition coefficient (Wildman–Crippen LogP) is 5.20. The van der Waals surface area contributed by atoms with Gasteiger partial charge in [0.25, 0.3) is 0 Å². The lowest BCUT2D eigenvalue weighted by atomic mass is 10.2. The summed E-state index contributed by atoms with van der Waals surface area (Å²) < 4.78 is 43.9. The van der Waals surface area contributed by atoms with Crippen molar-refractivity contribution in [2.75, 3.05) is 0 Å². The number of alkyl halides is 3. The van der Waals surface area contributed by atoms with Gasteiger partial charge >= 0.3 is 11.9 Å². The lowest BCUT2D eigenvalue weighted by Gasteiger charge is -2.10. The lowest BCUT2D eigenvalue weighted by molar-refractivity contribution is -0.140. The minimum absolute atomic E-state index is 0.149. The van der Waals surface area contributed by atoms with Crippen molar-refractivity contribution in [2.45, 2.75) is 6.18 Å². The van der Waals surface area contributed by atoms with Gasteiger partial charge in [0.1, 0.15) is 9.84 Å². The van der Waals surface area contributed by atoms with Gasteiger partial charge in [-0.3, -0.25) is 0 Å². The average Bonchev–Trinajstić information content (AvgIpc) is 3.22. The highest BCUT2D eigenvalue weighted by Gasteiger charge is 2.39. The zero-order valence-corrected chi connectivity index (χ0v) is 15.0. The number of benzene rings is 2. The highest BCUT2D eigenvalue weighted by Crippen LogP contribution is 2.42. The van der Waals surface area contributed by atoms with Gasteiger partial charge in [0.05, 0.1) is 26.0 Å². The molecule has 3 aromatic heterocycles. The Bertz CT molecular complexity index is 1370. The van der Waals surface area contributed by atoms with Crippen LogP contribution in [0.1, 0.15) is 5.69 Å². The first-order valence-electron chi connectivity index (χ1n) is 7.81. The predicted molar refractivity (Wildman–Crippen MR) is 100 cm³/mol. The van der Waals surface area contributed by atoms with Crippen LogP contribution in [-0.2, 0) is 6.18 Å². The van der Waals surface area contributed by atoms with E-state index < -0.39 is 17.6 Å². The lowest BCUT2D eigenvalue weighted by Crippen LogP contribution is -2.23. The van der Waals surface area contributed by atoms with Crippen molar-refractivity contribution in [3.8, 4) is 10.6 Å². The molecular weight excluding hydrogens is 395 g/mol. The Morgan fingerprint density at radius 1 is 0.889 bits per heavy atom. The Hall–Kier alpha value is -2.78. The SMILES string of the molecule is O=c1nc(C(F)(F)F)c(-c2nc3ccccc3s2)c2sc3ccccc3n12. The highest BCUT2D eigenvalue weighted by atomic mass is 32.1. The molecule has 0 aliphatic rings. The normalized spacial score (nSPS) is 12.4. The molecule has 27 heavy (non-hydrogen) atoms. The molecular formula is C18H8F3N3OS2. The number of aromatic nitrogens is 3. The fourth-order valence-corrected chi connectivity index (χ4v) is 5.28. The number of rotatable bonds is 1. The number of halogens is 3. The minimum Gasteiger partial charge on any atom is -0.250 e. The van der Waals surface area contributed by atoms with Crippen LogP contribution in [0.4, 0.5) is 13.2 Å². The Morgan fingerprint density at radius 3 is 2.33 bits per heavy atom. The average molecular weight is 403 g/mol. The molecule has 0 fully saturated rings. The zero-order valence-electron chi connectivity index (χ0n) is 13.3. The van der Waals surface area contributed by atoms with E-state index in [9.17, 15) is 18.0 Å². The molecule has 5 rings (SSSR count). The van der Waals surface area contributed by atoms with Crippen LogP contribution in [0.25, 0.3) is 35.8 Å². The second-order valence-electron chi connectivity index (χ2n) is 5.81. The fraction of sp³-hybridized carbons (Fsp3) is 0.0556. The van der Waals surface area contributed by atoms with Crippen molar-refractivity contribution >= 4 is 47.9 Å². The molecule has 0 atom stereocenters. The summed E-state index contributed by atoms with van der Waals surface area (Å²) in [5.41, 5.74) is -1.15. The van der Waals surface area contributed by atoms with E-state index >= 15 is 0 Å². The first-order valence-corrected chi connectivity index (χ1v) is 9.44. The monoisotopic (exact) mass is 403 g/mol. The maximum absolute atomic E-state index is 13.7. The van der Waals surface area contributed by atoms with Gasteiger partial charge in [0, 0.05) is 0 Å². The Morgan fingerprint density at radius 2 is 1.59 bits per heavy atom. The van der Waals surface area contributed by atoms with Crippen LogP contribution in [0.15, 0.2) is 53.3 Å². The number of para-hydroxylation sites is 2. The van der Waals surface area contributed by atoms with Gasteiger partial charge in [-0.2, -0.15) is 18.2 Å². The van der Waals surface area contributed by atoms with Crippen LogP contribution in [-0.4, -0.2) is 14.4 Å². The van der Waals surface area contributed by atoms with Crippen molar-refractivity contribution in [1.29, 1.82) is 0 Å². The van der Waals surface area contributed by atoms with Gasteiger partial charge < -0.3 is 0 Å². The summed E-state index contributed by atoms with van der Waals surface area (Å²) in [6.07, 6.45) is -4.77. The number of fused-ring (bicyclic) bond motifs is 4. The molecule has 3 heterocycles. The third kappa shape index (κ3) is 2.46. The topological polar surface area (TPSA) is 47.3 Å².